The molecule has 0 unspecified atom stereocenters. The summed E-state index contributed by atoms with van der Waals surface area (Å²) in [6, 6.07) is 8.28. The van der Waals surface area contributed by atoms with Crippen LogP contribution in [-0.2, 0) is 35.7 Å². The van der Waals surface area contributed by atoms with Gasteiger partial charge in [-0.15, -0.1) is 0 Å². The standard InChI is InChI=1S/C23H34N4O4/c1-17(24-22(28)31-23(2,3)4)15-30-16-19-12-20-14-26(10-11-27(20)25-19)13-18-6-8-21(29-5)9-7-18/h6-9,12,17H,10-11,13-16H2,1-5H3,(H,24,28)/t17-/m0/s1/i12D. The van der Waals surface area contributed by atoms with E-state index in [-0.39, 0.29) is 12.6 Å². The average Bonchev–Trinajstić information content (AvgIpc) is 3.02. The highest BCUT2D eigenvalue weighted by molar-refractivity contribution is 5.68. The molecule has 1 N–H and O–H groups in total. The zero-order chi connectivity index (χ0) is 23.3. The molecule has 0 fully saturated rings. The van der Waals surface area contributed by atoms with Gasteiger partial charge in [0.1, 0.15) is 11.4 Å². The van der Waals surface area contributed by atoms with Gasteiger partial charge in [0.15, 0.2) is 0 Å². The largest absolute Gasteiger partial charge is 0.497 e. The van der Waals surface area contributed by atoms with Gasteiger partial charge in [-0.25, -0.2) is 4.79 Å². The minimum Gasteiger partial charge on any atom is -0.497 e. The van der Waals surface area contributed by atoms with Crippen molar-refractivity contribution in [1.82, 2.24) is 20.0 Å². The van der Waals surface area contributed by atoms with E-state index in [1.54, 1.807) is 7.11 Å². The summed E-state index contributed by atoms with van der Waals surface area (Å²) in [5.41, 5.74) is 2.20. The second-order valence-corrected chi connectivity index (χ2v) is 8.86. The predicted octanol–water partition coefficient (Wildman–Crippen LogP) is 3.34. The van der Waals surface area contributed by atoms with Crippen LogP contribution >= 0.6 is 0 Å². The molecule has 0 radical (unpaired) electrons. The average molecular weight is 432 g/mol. The van der Waals surface area contributed by atoms with Crippen LogP contribution in [-0.4, -0.2) is 52.7 Å². The number of alkyl carbamates (subject to hydrolysis) is 1. The van der Waals surface area contributed by atoms with Crippen molar-refractivity contribution < 1.29 is 20.4 Å². The number of ether oxygens (including phenoxy) is 3. The monoisotopic (exact) mass is 431 g/mol. The second-order valence-electron chi connectivity index (χ2n) is 8.86. The van der Waals surface area contributed by atoms with E-state index in [4.69, 9.17) is 15.6 Å². The molecule has 8 heteroatoms. The van der Waals surface area contributed by atoms with Crippen LogP contribution in [0.5, 0.6) is 5.75 Å². The van der Waals surface area contributed by atoms with Crippen LogP contribution in [0.1, 0.15) is 46.0 Å². The Balaban J connectivity index is 1.49. The summed E-state index contributed by atoms with van der Waals surface area (Å²) in [4.78, 5) is 14.2. The van der Waals surface area contributed by atoms with Crippen LogP contribution in [0.25, 0.3) is 0 Å². The number of amides is 1. The van der Waals surface area contributed by atoms with E-state index in [9.17, 15) is 4.79 Å². The molecule has 31 heavy (non-hydrogen) atoms. The number of nitrogens with zero attached hydrogens (tertiary/aromatic N) is 3. The molecule has 3 rings (SSSR count). The number of methoxy groups -OCH3 is 1. The maximum Gasteiger partial charge on any atom is 0.407 e. The predicted molar refractivity (Wildman–Crippen MR) is 118 cm³/mol. The van der Waals surface area contributed by atoms with Crippen LogP contribution in [0, 0.1) is 0 Å². The zero-order valence-corrected chi connectivity index (χ0v) is 19.1. The molecule has 0 saturated heterocycles. The molecular formula is C23H34N4O4. The Kier molecular flexibility index (Phi) is 7.09. The molecule has 0 aliphatic carbocycles. The molecule has 170 valence electrons. The van der Waals surface area contributed by atoms with Gasteiger partial charge in [-0.05, 0) is 51.4 Å². The van der Waals surface area contributed by atoms with Gasteiger partial charge in [0.05, 0.1) is 45.7 Å². The molecule has 1 aliphatic heterocycles. The molecule has 1 amide bonds. The normalized spacial score (nSPS) is 15.7. The lowest BCUT2D eigenvalue weighted by Crippen LogP contribution is -2.39. The van der Waals surface area contributed by atoms with Crippen molar-refractivity contribution in [3.8, 4) is 5.75 Å². The van der Waals surface area contributed by atoms with Crippen molar-refractivity contribution in [2.24, 2.45) is 0 Å². The Bertz CT molecular complexity index is 908. The van der Waals surface area contributed by atoms with Crippen molar-refractivity contribution in [2.75, 3.05) is 20.3 Å². The van der Waals surface area contributed by atoms with Crippen LogP contribution in [0.15, 0.2) is 30.3 Å². The first-order valence-corrected chi connectivity index (χ1v) is 10.6. The molecular weight excluding hydrogens is 396 g/mol. The number of aromatic nitrogens is 2. The number of benzene rings is 1. The summed E-state index contributed by atoms with van der Waals surface area (Å²) >= 11 is 0. The number of hydrogen-bond acceptors (Lipinski definition) is 6. The van der Waals surface area contributed by atoms with Gasteiger partial charge >= 0.3 is 6.09 Å². The van der Waals surface area contributed by atoms with Gasteiger partial charge in [-0.3, -0.25) is 9.58 Å². The molecule has 8 nitrogen and oxygen atoms in total. The summed E-state index contributed by atoms with van der Waals surface area (Å²) in [7, 11) is 1.66. The maximum absolute atomic E-state index is 11.8. The maximum atomic E-state index is 11.8. The Hall–Kier alpha value is -2.58. The van der Waals surface area contributed by atoms with E-state index in [2.05, 4.69) is 27.4 Å². The lowest BCUT2D eigenvalue weighted by Gasteiger charge is -2.27. The lowest BCUT2D eigenvalue weighted by molar-refractivity contribution is 0.0440. The first-order valence-electron chi connectivity index (χ1n) is 11.1. The Morgan fingerprint density at radius 3 is 2.71 bits per heavy atom. The van der Waals surface area contributed by atoms with E-state index >= 15 is 0 Å². The van der Waals surface area contributed by atoms with Gasteiger partial charge < -0.3 is 19.5 Å². The third-order valence-electron chi connectivity index (χ3n) is 4.78. The van der Waals surface area contributed by atoms with Gasteiger partial charge in [0.25, 0.3) is 0 Å². The fraction of sp³-hybridized carbons (Fsp3) is 0.565. The van der Waals surface area contributed by atoms with Crippen LogP contribution in [0.4, 0.5) is 4.79 Å². The first-order chi connectivity index (χ1) is 15.1. The summed E-state index contributed by atoms with van der Waals surface area (Å²) in [6.45, 7) is 11.0. The highest BCUT2D eigenvalue weighted by Gasteiger charge is 2.20. The third-order valence-corrected chi connectivity index (χ3v) is 4.78. The van der Waals surface area contributed by atoms with E-state index in [1.807, 2.05) is 44.5 Å². The van der Waals surface area contributed by atoms with Crippen molar-refractivity contribution in [1.29, 1.82) is 0 Å². The third kappa shape index (κ3) is 7.25. The molecule has 1 aromatic heterocycles. The molecule has 0 bridgehead atoms. The van der Waals surface area contributed by atoms with Gasteiger partial charge in [-0.1, -0.05) is 12.1 Å². The molecule has 1 aliphatic rings. The minimum atomic E-state index is -0.540. The van der Waals surface area contributed by atoms with Crippen molar-refractivity contribution in [3.05, 3.63) is 47.3 Å². The Labute approximate surface area is 185 Å². The van der Waals surface area contributed by atoms with Crippen molar-refractivity contribution >= 4 is 6.09 Å². The van der Waals surface area contributed by atoms with Gasteiger partial charge in [-0.2, -0.15) is 5.10 Å². The van der Waals surface area contributed by atoms with E-state index < -0.39 is 11.7 Å². The summed E-state index contributed by atoms with van der Waals surface area (Å²) in [5, 5.41) is 7.32. The summed E-state index contributed by atoms with van der Waals surface area (Å²) in [5.74, 6) is 0.846. The minimum absolute atomic E-state index is 0.212. The van der Waals surface area contributed by atoms with E-state index in [0.29, 0.717) is 24.9 Å². The number of carbonyl (C=O) groups is 1. The first kappa shape index (κ1) is 21.6. The highest BCUT2D eigenvalue weighted by Crippen LogP contribution is 2.18. The fourth-order valence-corrected chi connectivity index (χ4v) is 3.37. The highest BCUT2D eigenvalue weighted by atomic mass is 16.6. The molecule has 2 heterocycles. The molecule has 1 atom stereocenters. The SMILES string of the molecule is [2H]c1c(COC[C@H](C)NC(=O)OC(C)(C)C)nn2c1CN(Cc1ccc(OC)cc1)CC2. The number of fused-ring (bicyclic) bond motifs is 1. The zero-order valence-electron chi connectivity index (χ0n) is 20.1. The molecule has 0 saturated carbocycles. The van der Waals surface area contributed by atoms with Crippen LogP contribution in [0.3, 0.4) is 0 Å². The number of hydrogen-bond donors (Lipinski definition) is 1. The number of rotatable bonds is 8. The fourth-order valence-electron chi connectivity index (χ4n) is 3.37. The van der Waals surface area contributed by atoms with Gasteiger partial charge in [0, 0.05) is 19.6 Å². The van der Waals surface area contributed by atoms with Crippen LogP contribution < -0.4 is 10.1 Å². The van der Waals surface area contributed by atoms with Crippen molar-refractivity contribution in [2.45, 2.75) is 65.6 Å². The Morgan fingerprint density at radius 2 is 2.03 bits per heavy atom. The van der Waals surface area contributed by atoms with Crippen molar-refractivity contribution in [3.63, 3.8) is 0 Å². The molecule has 0 spiro atoms. The van der Waals surface area contributed by atoms with Crippen LogP contribution in [0.2, 0.25) is 0 Å². The second kappa shape index (κ2) is 10.2. The summed E-state index contributed by atoms with van der Waals surface area (Å²) in [6.07, 6.45) is -0.468. The number of nitrogens with one attached hydrogen (secondary N) is 1. The Morgan fingerprint density at radius 1 is 1.29 bits per heavy atom. The van der Waals surface area contributed by atoms with E-state index in [0.717, 1.165) is 31.1 Å². The lowest BCUT2D eigenvalue weighted by atomic mass is 10.2. The molecule has 1 aromatic carbocycles. The topological polar surface area (TPSA) is 77.8 Å². The van der Waals surface area contributed by atoms with Gasteiger partial charge in [0.2, 0.25) is 0 Å². The van der Waals surface area contributed by atoms with E-state index in [1.165, 1.54) is 5.56 Å². The molecule has 2 aromatic rings. The number of carbonyl (C=O) groups excluding carboxylic acids is 1. The smallest absolute Gasteiger partial charge is 0.407 e. The summed E-state index contributed by atoms with van der Waals surface area (Å²) < 4.78 is 26.6. The quantitative estimate of drug-likeness (QED) is 0.691.